The van der Waals surface area contributed by atoms with Crippen molar-refractivity contribution in [3.05, 3.63) is 28.7 Å². The maximum absolute atomic E-state index is 12.0. The molecule has 0 spiro atoms. The second kappa shape index (κ2) is 10.1. The van der Waals surface area contributed by atoms with E-state index in [1.165, 1.54) is 0 Å². The summed E-state index contributed by atoms with van der Waals surface area (Å²) in [7, 11) is 0. The molecule has 1 atom stereocenters. The van der Waals surface area contributed by atoms with Gasteiger partial charge in [-0.2, -0.15) is 0 Å². The van der Waals surface area contributed by atoms with Gasteiger partial charge in [-0.05, 0) is 42.5 Å². The van der Waals surface area contributed by atoms with Crippen LogP contribution >= 0.6 is 15.9 Å². The summed E-state index contributed by atoms with van der Waals surface area (Å²) in [6.07, 6.45) is 0.626. The van der Waals surface area contributed by atoms with Crippen molar-refractivity contribution >= 4 is 39.6 Å². The van der Waals surface area contributed by atoms with Crippen molar-refractivity contribution in [2.45, 2.75) is 26.7 Å². The lowest BCUT2D eigenvalue weighted by atomic mass is 10.1. The van der Waals surface area contributed by atoms with Gasteiger partial charge in [0, 0.05) is 29.7 Å². The number of hydrazine groups is 1. The number of carbonyl (C=O) groups is 3. The molecule has 0 saturated carbocycles. The lowest BCUT2D eigenvalue weighted by Gasteiger charge is -2.17. The SMILES string of the molecule is CC(C)COC(=O)N1CC[C@@H](CC(=O)NNC(=O)Nc2ccc(Br)cc2)C1. The lowest BCUT2D eigenvalue weighted by molar-refractivity contribution is -0.122. The minimum atomic E-state index is -0.531. The highest BCUT2D eigenvalue weighted by atomic mass is 79.9. The summed E-state index contributed by atoms with van der Waals surface area (Å²) in [4.78, 5) is 37.3. The molecule has 1 fully saturated rings. The van der Waals surface area contributed by atoms with E-state index < -0.39 is 6.03 Å². The van der Waals surface area contributed by atoms with E-state index in [2.05, 4.69) is 32.1 Å². The molecule has 9 heteroatoms. The van der Waals surface area contributed by atoms with Crippen LogP contribution in [0.15, 0.2) is 28.7 Å². The second-order valence-corrected chi connectivity index (χ2v) is 7.83. The number of ether oxygens (including phenoxy) is 1. The Hall–Kier alpha value is -2.29. The summed E-state index contributed by atoms with van der Waals surface area (Å²) in [6, 6.07) is 6.53. The highest BCUT2D eigenvalue weighted by molar-refractivity contribution is 9.10. The zero-order valence-corrected chi connectivity index (χ0v) is 17.0. The minimum Gasteiger partial charge on any atom is -0.449 e. The van der Waals surface area contributed by atoms with Gasteiger partial charge in [-0.3, -0.25) is 10.2 Å². The fourth-order valence-corrected chi connectivity index (χ4v) is 2.89. The van der Waals surface area contributed by atoms with Crippen molar-refractivity contribution in [3.63, 3.8) is 0 Å². The lowest BCUT2D eigenvalue weighted by Crippen LogP contribution is -2.44. The fourth-order valence-electron chi connectivity index (χ4n) is 2.63. The molecule has 1 heterocycles. The van der Waals surface area contributed by atoms with Gasteiger partial charge < -0.3 is 15.0 Å². The Morgan fingerprint density at radius 3 is 2.59 bits per heavy atom. The van der Waals surface area contributed by atoms with E-state index >= 15 is 0 Å². The van der Waals surface area contributed by atoms with E-state index in [0.29, 0.717) is 25.4 Å². The summed E-state index contributed by atoms with van der Waals surface area (Å²) >= 11 is 3.31. The summed E-state index contributed by atoms with van der Waals surface area (Å²) in [6.45, 7) is 5.40. The summed E-state index contributed by atoms with van der Waals surface area (Å²) in [5, 5.41) is 2.61. The highest BCUT2D eigenvalue weighted by Crippen LogP contribution is 2.20. The number of rotatable bonds is 5. The molecule has 1 aromatic rings. The van der Waals surface area contributed by atoms with E-state index in [9.17, 15) is 14.4 Å². The number of nitrogens with one attached hydrogen (secondary N) is 3. The topological polar surface area (TPSA) is 99.8 Å². The number of likely N-dealkylation sites (tertiary alicyclic amines) is 1. The first-order valence-electron chi connectivity index (χ1n) is 8.86. The third kappa shape index (κ3) is 7.46. The normalized spacial score (nSPS) is 16.1. The number of hydrogen-bond acceptors (Lipinski definition) is 4. The monoisotopic (exact) mass is 440 g/mol. The van der Waals surface area contributed by atoms with Gasteiger partial charge in [0.1, 0.15) is 0 Å². The molecule has 3 N–H and O–H groups in total. The Morgan fingerprint density at radius 1 is 1.22 bits per heavy atom. The molecule has 8 nitrogen and oxygen atoms in total. The Labute approximate surface area is 167 Å². The zero-order valence-electron chi connectivity index (χ0n) is 15.5. The molecule has 2 rings (SSSR count). The molecule has 148 valence electrons. The molecule has 0 aromatic heterocycles. The van der Waals surface area contributed by atoms with Gasteiger partial charge in [-0.25, -0.2) is 15.0 Å². The average molecular weight is 441 g/mol. The van der Waals surface area contributed by atoms with Gasteiger partial charge in [0.15, 0.2) is 0 Å². The van der Waals surface area contributed by atoms with Crippen molar-refractivity contribution < 1.29 is 19.1 Å². The first-order valence-corrected chi connectivity index (χ1v) is 9.66. The molecule has 1 aromatic carbocycles. The molecular formula is C18H25BrN4O4. The summed E-state index contributed by atoms with van der Waals surface area (Å²) in [5.41, 5.74) is 5.31. The standard InChI is InChI=1S/C18H25BrN4O4/c1-12(2)11-27-18(26)23-8-7-13(10-23)9-16(24)21-22-17(25)20-15-5-3-14(19)4-6-15/h3-6,12-13H,7-11H2,1-2H3,(H,21,24)(H2,20,22,25)/t13-/m0/s1. The van der Waals surface area contributed by atoms with Crippen LogP contribution in [0, 0.1) is 11.8 Å². The van der Waals surface area contributed by atoms with Crippen molar-refractivity contribution in [3.8, 4) is 0 Å². The van der Waals surface area contributed by atoms with Crippen LogP contribution in [0.4, 0.5) is 15.3 Å². The number of amides is 4. The number of carbonyl (C=O) groups excluding carboxylic acids is 3. The van der Waals surface area contributed by atoms with Crippen LogP contribution in [-0.4, -0.2) is 42.6 Å². The maximum Gasteiger partial charge on any atom is 0.409 e. The predicted molar refractivity (Wildman–Crippen MR) is 105 cm³/mol. The second-order valence-electron chi connectivity index (χ2n) is 6.91. The predicted octanol–water partition coefficient (Wildman–Crippen LogP) is 3.11. The number of urea groups is 1. The number of halogens is 1. The highest BCUT2D eigenvalue weighted by Gasteiger charge is 2.28. The Balaban J connectivity index is 1.66. The number of benzene rings is 1. The van der Waals surface area contributed by atoms with Gasteiger partial charge in [0.05, 0.1) is 6.61 Å². The first kappa shape index (κ1) is 21.0. The van der Waals surface area contributed by atoms with Crippen molar-refractivity contribution in [1.82, 2.24) is 15.8 Å². The Bertz CT molecular complexity index is 666. The van der Waals surface area contributed by atoms with E-state index in [0.717, 1.165) is 10.9 Å². The summed E-state index contributed by atoms with van der Waals surface area (Å²) in [5.74, 6) is 0.0315. The van der Waals surface area contributed by atoms with Gasteiger partial charge in [0.25, 0.3) is 0 Å². The average Bonchev–Trinajstić information content (AvgIpc) is 3.08. The van der Waals surface area contributed by atoms with E-state index in [1.54, 1.807) is 29.2 Å². The van der Waals surface area contributed by atoms with Crippen LogP contribution in [0.2, 0.25) is 0 Å². The smallest absolute Gasteiger partial charge is 0.409 e. The largest absolute Gasteiger partial charge is 0.449 e. The molecule has 1 aliphatic heterocycles. The number of hydrogen-bond donors (Lipinski definition) is 3. The molecule has 1 saturated heterocycles. The van der Waals surface area contributed by atoms with Crippen LogP contribution in [-0.2, 0) is 9.53 Å². The Kier molecular flexibility index (Phi) is 7.90. The third-order valence-corrected chi connectivity index (χ3v) is 4.50. The molecule has 0 unspecified atom stereocenters. The van der Waals surface area contributed by atoms with Gasteiger partial charge in [-0.15, -0.1) is 0 Å². The first-order chi connectivity index (χ1) is 12.8. The third-order valence-electron chi connectivity index (χ3n) is 3.98. The van der Waals surface area contributed by atoms with E-state index in [1.807, 2.05) is 13.8 Å². The molecule has 4 amide bonds. The van der Waals surface area contributed by atoms with Crippen LogP contribution in [0.3, 0.4) is 0 Å². The summed E-state index contributed by atoms with van der Waals surface area (Å²) < 4.78 is 6.11. The molecule has 0 bridgehead atoms. The zero-order chi connectivity index (χ0) is 19.8. The Morgan fingerprint density at radius 2 is 1.93 bits per heavy atom. The number of nitrogens with zero attached hydrogens (tertiary/aromatic N) is 1. The van der Waals surface area contributed by atoms with Crippen LogP contribution < -0.4 is 16.2 Å². The van der Waals surface area contributed by atoms with Crippen molar-refractivity contribution in [1.29, 1.82) is 0 Å². The van der Waals surface area contributed by atoms with Crippen LogP contribution in [0.5, 0.6) is 0 Å². The van der Waals surface area contributed by atoms with Crippen molar-refractivity contribution in [2.24, 2.45) is 11.8 Å². The van der Waals surface area contributed by atoms with Crippen LogP contribution in [0.1, 0.15) is 26.7 Å². The fraction of sp³-hybridized carbons (Fsp3) is 0.500. The quantitative estimate of drug-likeness (QED) is 0.612. The molecule has 0 radical (unpaired) electrons. The molecule has 27 heavy (non-hydrogen) atoms. The number of anilines is 1. The van der Waals surface area contributed by atoms with E-state index in [4.69, 9.17) is 4.74 Å². The van der Waals surface area contributed by atoms with Crippen LogP contribution in [0.25, 0.3) is 0 Å². The molecule has 0 aliphatic carbocycles. The maximum atomic E-state index is 12.0. The molecule has 1 aliphatic rings. The van der Waals surface area contributed by atoms with Gasteiger partial charge in [0.2, 0.25) is 5.91 Å². The minimum absolute atomic E-state index is 0.0490. The van der Waals surface area contributed by atoms with Crippen molar-refractivity contribution in [2.75, 3.05) is 25.0 Å². The molecular weight excluding hydrogens is 416 g/mol. The van der Waals surface area contributed by atoms with Gasteiger partial charge >= 0.3 is 12.1 Å². The van der Waals surface area contributed by atoms with Gasteiger partial charge in [-0.1, -0.05) is 29.8 Å². The van der Waals surface area contributed by atoms with E-state index in [-0.39, 0.29) is 30.3 Å².